The van der Waals surface area contributed by atoms with Crippen LogP contribution in [0.1, 0.15) is 18.4 Å². The molecule has 4 rings (SSSR count). The molecule has 2 aliphatic rings. The summed E-state index contributed by atoms with van der Waals surface area (Å²) in [4.78, 5) is 12.4. The van der Waals surface area contributed by atoms with Gasteiger partial charge >= 0.3 is 0 Å². The molecule has 1 aliphatic carbocycles. The van der Waals surface area contributed by atoms with Crippen LogP contribution in [-0.2, 0) is 10.2 Å². The first-order valence-corrected chi connectivity index (χ1v) is 7.99. The molecule has 0 bridgehead atoms. The molecule has 1 fully saturated rings. The van der Waals surface area contributed by atoms with Crippen molar-refractivity contribution in [3.63, 3.8) is 0 Å². The molecular formula is C19H19NO3. The minimum atomic E-state index is -0.587. The lowest BCUT2D eigenvalue weighted by atomic mass is 9.96. The number of para-hydroxylation sites is 2. The lowest BCUT2D eigenvalue weighted by Crippen LogP contribution is -2.46. The monoisotopic (exact) mass is 309 g/mol. The first-order chi connectivity index (χ1) is 11.3. The van der Waals surface area contributed by atoms with Crippen molar-refractivity contribution in [1.29, 1.82) is 0 Å². The maximum atomic E-state index is 12.4. The largest absolute Gasteiger partial charge is 0.485 e. The summed E-state index contributed by atoms with van der Waals surface area (Å²) in [6.07, 6.45) is 1.64. The molecule has 1 atom stereocenters. The Kier molecular flexibility index (Phi) is 3.45. The van der Waals surface area contributed by atoms with Crippen molar-refractivity contribution in [3.8, 4) is 11.5 Å². The van der Waals surface area contributed by atoms with E-state index in [9.17, 15) is 4.79 Å². The Hall–Kier alpha value is -2.49. The number of benzene rings is 2. The van der Waals surface area contributed by atoms with E-state index in [1.165, 1.54) is 5.56 Å². The number of hydrogen-bond acceptors (Lipinski definition) is 3. The zero-order valence-corrected chi connectivity index (χ0v) is 12.8. The van der Waals surface area contributed by atoms with Crippen molar-refractivity contribution >= 4 is 5.91 Å². The number of hydrogen-bond donors (Lipinski definition) is 1. The predicted molar refractivity (Wildman–Crippen MR) is 86.7 cm³/mol. The van der Waals surface area contributed by atoms with Gasteiger partial charge in [0.25, 0.3) is 5.91 Å². The number of nitrogens with one attached hydrogen (secondary N) is 1. The summed E-state index contributed by atoms with van der Waals surface area (Å²) in [5.41, 5.74) is 1.40. The summed E-state index contributed by atoms with van der Waals surface area (Å²) in [6.45, 7) is 0.901. The maximum Gasteiger partial charge on any atom is 0.264 e. The van der Waals surface area contributed by atoms with Crippen LogP contribution in [0, 0.1) is 0 Å². The Balaban J connectivity index is 1.38. The molecule has 23 heavy (non-hydrogen) atoms. The Labute approximate surface area is 135 Å². The summed E-state index contributed by atoms with van der Waals surface area (Å²) < 4.78 is 11.4. The van der Waals surface area contributed by atoms with Gasteiger partial charge in [-0.3, -0.25) is 4.79 Å². The zero-order chi connectivity index (χ0) is 15.7. The predicted octanol–water partition coefficient (Wildman–Crippen LogP) is 2.67. The number of rotatable bonds is 4. The number of carbonyl (C=O) groups excluding carboxylic acids is 1. The van der Waals surface area contributed by atoms with Crippen LogP contribution in [0.4, 0.5) is 0 Å². The van der Waals surface area contributed by atoms with E-state index < -0.39 is 6.10 Å². The van der Waals surface area contributed by atoms with E-state index >= 15 is 0 Å². The summed E-state index contributed by atoms with van der Waals surface area (Å²) in [5.74, 6) is 1.21. The standard InChI is InChI=1S/C19H19NO3/c21-18(17-12-22-15-8-4-5-9-16(15)23-17)20-13-19(10-11-19)14-6-2-1-3-7-14/h1-9,17H,10-13H2,(H,20,21). The van der Waals surface area contributed by atoms with Gasteiger partial charge < -0.3 is 14.8 Å². The Morgan fingerprint density at radius 1 is 1.04 bits per heavy atom. The third-order valence-electron chi connectivity index (χ3n) is 4.64. The second kappa shape index (κ2) is 5.61. The van der Waals surface area contributed by atoms with Crippen molar-refractivity contribution in [2.75, 3.05) is 13.2 Å². The third-order valence-corrected chi connectivity index (χ3v) is 4.64. The third kappa shape index (κ3) is 2.77. The number of fused-ring (bicyclic) bond motifs is 1. The van der Waals surface area contributed by atoms with Gasteiger partial charge in [0.15, 0.2) is 11.5 Å². The Morgan fingerprint density at radius 3 is 2.48 bits per heavy atom. The van der Waals surface area contributed by atoms with Crippen molar-refractivity contribution in [1.82, 2.24) is 5.32 Å². The molecule has 2 aromatic rings. The Morgan fingerprint density at radius 2 is 1.74 bits per heavy atom. The van der Waals surface area contributed by atoms with Gasteiger partial charge in [0.2, 0.25) is 6.10 Å². The molecule has 1 N–H and O–H groups in total. The Bertz CT molecular complexity index is 710. The number of amides is 1. The van der Waals surface area contributed by atoms with Crippen molar-refractivity contribution in [2.45, 2.75) is 24.4 Å². The molecule has 0 aromatic heterocycles. The summed E-state index contributed by atoms with van der Waals surface area (Å²) in [5, 5.41) is 3.04. The maximum absolute atomic E-state index is 12.4. The van der Waals surface area contributed by atoms with E-state index in [0.717, 1.165) is 12.8 Å². The second-order valence-corrected chi connectivity index (χ2v) is 6.23. The molecule has 4 heteroatoms. The van der Waals surface area contributed by atoms with E-state index in [1.807, 2.05) is 42.5 Å². The zero-order valence-electron chi connectivity index (χ0n) is 12.8. The molecule has 1 amide bonds. The van der Waals surface area contributed by atoms with Crippen LogP contribution in [-0.4, -0.2) is 25.2 Å². The molecule has 1 aliphatic heterocycles. The van der Waals surface area contributed by atoms with Crippen LogP contribution >= 0.6 is 0 Å². The van der Waals surface area contributed by atoms with Crippen LogP contribution in [0.25, 0.3) is 0 Å². The number of ether oxygens (including phenoxy) is 2. The van der Waals surface area contributed by atoms with Gasteiger partial charge in [0, 0.05) is 12.0 Å². The fraction of sp³-hybridized carbons (Fsp3) is 0.316. The van der Waals surface area contributed by atoms with Gasteiger partial charge in [-0.15, -0.1) is 0 Å². The average Bonchev–Trinajstić information content (AvgIpc) is 3.41. The van der Waals surface area contributed by atoms with Crippen LogP contribution in [0.15, 0.2) is 54.6 Å². The van der Waals surface area contributed by atoms with Crippen LogP contribution < -0.4 is 14.8 Å². The van der Waals surface area contributed by atoms with Crippen LogP contribution in [0.2, 0.25) is 0 Å². The van der Waals surface area contributed by atoms with Gasteiger partial charge in [-0.1, -0.05) is 42.5 Å². The summed E-state index contributed by atoms with van der Waals surface area (Å²) in [7, 11) is 0. The van der Waals surface area contributed by atoms with Gasteiger partial charge in [-0.2, -0.15) is 0 Å². The molecule has 0 radical (unpaired) electrons. The summed E-state index contributed by atoms with van der Waals surface area (Å²) in [6, 6.07) is 17.8. The normalized spacial score (nSPS) is 20.6. The summed E-state index contributed by atoms with van der Waals surface area (Å²) >= 11 is 0. The van der Waals surface area contributed by atoms with E-state index in [4.69, 9.17) is 9.47 Å². The average molecular weight is 309 g/mol. The van der Waals surface area contributed by atoms with Crippen molar-refractivity contribution in [2.24, 2.45) is 0 Å². The van der Waals surface area contributed by atoms with Gasteiger partial charge in [0.1, 0.15) is 6.61 Å². The number of carbonyl (C=O) groups is 1. The van der Waals surface area contributed by atoms with Crippen LogP contribution in [0.3, 0.4) is 0 Å². The first-order valence-electron chi connectivity index (χ1n) is 7.99. The highest BCUT2D eigenvalue weighted by molar-refractivity contribution is 5.82. The molecule has 0 spiro atoms. The SMILES string of the molecule is O=C(NCC1(c2ccccc2)CC1)C1COc2ccccc2O1. The topological polar surface area (TPSA) is 47.6 Å². The minimum absolute atomic E-state index is 0.102. The molecular weight excluding hydrogens is 290 g/mol. The second-order valence-electron chi connectivity index (χ2n) is 6.23. The highest BCUT2D eigenvalue weighted by Gasteiger charge is 2.44. The van der Waals surface area contributed by atoms with Crippen molar-refractivity contribution in [3.05, 3.63) is 60.2 Å². The molecule has 2 aromatic carbocycles. The molecule has 4 nitrogen and oxygen atoms in total. The van der Waals surface area contributed by atoms with Crippen molar-refractivity contribution < 1.29 is 14.3 Å². The van der Waals surface area contributed by atoms with E-state index in [2.05, 4.69) is 17.4 Å². The van der Waals surface area contributed by atoms with Gasteiger partial charge in [0.05, 0.1) is 0 Å². The van der Waals surface area contributed by atoms with E-state index in [1.54, 1.807) is 0 Å². The lowest BCUT2D eigenvalue weighted by Gasteiger charge is -2.26. The van der Waals surface area contributed by atoms with E-state index in [-0.39, 0.29) is 17.9 Å². The fourth-order valence-corrected chi connectivity index (χ4v) is 3.03. The first kappa shape index (κ1) is 14.1. The minimum Gasteiger partial charge on any atom is -0.485 e. The highest BCUT2D eigenvalue weighted by Crippen LogP contribution is 2.47. The van der Waals surface area contributed by atoms with E-state index in [0.29, 0.717) is 18.0 Å². The van der Waals surface area contributed by atoms with Crippen LogP contribution in [0.5, 0.6) is 11.5 Å². The van der Waals surface area contributed by atoms with Gasteiger partial charge in [-0.25, -0.2) is 0 Å². The molecule has 1 heterocycles. The quantitative estimate of drug-likeness (QED) is 0.944. The molecule has 0 saturated heterocycles. The lowest BCUT2D eigenvalue weighted by molar-refractivity contribution is -0.130. The fourth-order valence-electron chi connectivity index (χ4n) is 3.03. The highest BCUT2D eigenvalue weighted by atomic mass is 16.6. The smallest absolute Gasteiger partial charge is 0.264 e. The molecule has 118 valence electrons. The molecule has 1 saturated carbocycles. The van der Waals surface area contributed by atoms with Gasteiger partial charge in [-0.05, 0) is 30.5 Å². The molecule has 1 unspecified atom stereocenters.